The summed E-state index contributed by atoms with van der Waals surface area (Å²) in [7, 11) is 0. The maximum Gasteiger partial charge on any atom is 0.147 e. The lowest BCUT2D eigenvalue weighted by Crippen LogP contribution is -2.25. The lowest BCUT2D eigenvalue weighted by atomic mass is 11.5. The Kier molecular flexibility index (Phi) is 28.0. The number of hydrogen-bond acceptors (Lipinski definition) is 5. The highest BCUT2D eigenvalue weighted by atomic mass is 32.2. The molecule has 7 heteroatoms. The van der Waals surface area contributed by atoms with Crippen LogP contribution in [0.1, 0.15) is 0 Å². The van der Waals surface area contributed by atoms with Crippen LogP contribution in [0, 0.1) is 0 Å². The molecule has 0 aromatic carbocycles. The molecule has 0 aliphatic carbocycles. The number of thiocarbonyl (C=S) groups is 1. The second-order valence-corrected chi connectivity index (χ2v) is 2.12. The monoisotopic (exact) mass is 172 g/mol. The summed E-state index contributed by atoms with van der Waals surface area (Å²) in [6.07, 6.45) is 1.86. The first-order chi connectivity index (χ1) is 3.81. The predicted molar refractivity (Wildman–Crippen MR) is 45.4 cm³/mol. The smallest absolute Gasteiger partial charge is 0.147 e. The summed E-state index contributed by atoms with van der Waals surface area (Å²) >= 11 is 6.00. The van der Waals surface area contributed by atoms with Crippen molar-refractivity contribution in [1.82, 2.24) is 5.43 Å². The maximum atomic E-state index is 4.87. The molecule has 5 nitrogen and oxygen atoms in total. The molecular weight excluding hydrogens is 160 g/mol. The molecule has 0 aliphatic rings. The Morgan fingerprint density at radius 1 is 1.56 bits per heavy atom. The average molecular weight is 172 g/mol. The van der Waals surface area contributed by atoms with Crippen molar-refractivity contribution in [3.63, 3.8) is 0 Å². The van der Waals surface area contributed by atoms with Crippen LogP contribution in [0.25, 0.3) is 0 Å². The molecule has 0 aromatic rings. The largest absolute Gasteiger partial charge is 0.412 e. The Morgan fingerprint density at radius 3 is 1.89 bits per heavy atom. The van der Waals surface area contributed by atoms with Crippen LogP contribution in [0.3, 0.4) is 0 Å². The Balaban J connectivity index is -0.000000109. The third-order valence-electron chi connectivity index (χ3n) is 0.303. The van der Waals surface area contributed by atoms with Gasteiger partial charge in [-0.25, -0.2) is 5.84 Å². The van der Waals surface area contributed by atoms with Crippen LogP contribution < -0.4 is 23.0 Å². The molecule has 0 bridgehead atoms. The number of thioether (sulfide) groups is 1. The summed E-state index contributed by atoms with van der Waals surface area (Å²) in [5, 5.41) is 0. The Bertz CT molecular complexity index is 54.5. The van der Waals surface area contributed by atoms with Gasteiger partial charge in [-0.05, 0) is 6.26 Å². The second-order valence-electron chi connectivity index (χ2n) is 0.636. The first-order valence-electron chi connectivity index (χ1n) is 1.69. The number of nitrogens with two attached hydrogens (primary N) is 3. The van der Waals surface area contributed by atoms with E-state index in [1.807, 2.05) is 6.26 Å². The van der Waals surface area contributed by atoms with Crippen LogP contribution >= 0.6 is 24.0 Å². The molecule has 0 radical (unpaired) electrons. The second kappa shape index (κ2) is 15.7. The molecule has 0 atom stereocenters. The minimum Gasteiger partial charge on any atom is -0.412 e. The fourth-order valence-corrected chi connectivity index (χ4v) is 0.177. The minimum absolute atomic E-state index is 0. The minimum atomic E-state index is 0. The molecule has 0 saturated carbocycles. The molecule has 0 amide bonds. The third kappa shape index (κ3) is 17.9. The van der Waals surface area contributed by atoms with Crippen LogP contribution in [0.15, 0.2) is 0 Å². The highest BCUT2D eigenvalue weighted by molar-refractivity contribution is 8.22. The SMILES string of the molecule is CSC(=S)NN.NN.O. The number of hydrogen-bond donors (Lipinski definition) is 4. The zero-order valence-corrected chi connectivity index (χ0v) is 6.68. The average Bonchev–Trinajstić information content (AvgIpc) is 1.91. The van der Waals surface area contributed by atoms with Crippen LogP contribution in [0.4, 0.5) is 0 Å². The zero-order chi connectivity index (χ0) is 6.99. The van der Waals surface area contributed by atoms with Crippen molar-refractivity contribution in [3.05, 3.63) is 0 Å². The van der Waals surface area contributed by atoms with Crippen LogP contribution in [0.5, 0.6) is 0 Å². The normalized spacial score (nSPS) is 5.78. The van der Waals surface area contributed by atoms with Gasteiger partial charge in [0.25, 0.3) is 0 Å². The fraction of sp³-hybridized carbons (Fsp3) is 0.500. The van der Waals surface area contributed by atoms with E-state index in [-0.39, 0.29) is 5.48 Å². The van der Waals surface area contributed by atoms with Gasteiger partial charge >= 0.3 is 0 Å². The molecule has 0 aromatic heterocycles. The maximum absolute atomic E-state index is 4.87. The van der Waals surface area contributed by atoms with E-state index >= 15 is 0 Å². The molecule has 0 fully saturated rings. The van der Waals surface area contributed by atoms with E-state index in [4.69, 9.17) is 5.84 Å². The molecule has 0 aliphatic heterocycles. The van der Waals surface area contributed by atoms with Crippen molar-refractivity contribution in [2.45, 2.75) is 0 Å². The summed E-state index contributed by atoms with van der Waals surface area (Å²) in [4.78, 5) is 0. The van der Waals surface area contributed by atoms with Gasteiger partial charge in [-0.3, -0.25) is 11.7 Å². The molecule has 9 N–H and O–H groups in total. The van der Waals surface area contributed by atoms with E-state index in [9.17, 15) is 0 Å². The van der Waals surface area contributed by atoms with Gasteiger partial charge in [-0.2, -0.15) is 0 Å². The van der Waals surface area contributed by atoms with Gasteiger partial charge in [0.2, 0.25) is 0 Å². The van der Waals surface area contributed by atoms with E-state index in [0.29, 0.717) is 4.32 Å². The lowest BCUT2D eigenvalue weighted by Gasteiger charge is -1.91. The van der Waals surface area contributed by atoms with E-state index in [1.54, 1.807) is 0 Å². The first-order valence-corrected chi connectivity index (χ1v) is 3.32. The molecule has 0 saturated heterocycles. The molecule has 0 unspecified atom stereocenters. The highest BCUT2D eigenvalue weighted by Gasteiger charge is 1.79. The van der Waals surface area contributed by atoms with Gasteiger partial charge in [0.1, 0.15) is 4.32 Å². The summed E-state index contributed by atoms with van der Waals surface area (Å²) in [6, 6.07) is 0. The molecule has 0 spiro atoms. The quantitative estimate of drug-likeness (QED) is 0.192. The van der Waals surface area contributed by atoms with E-state index in [2.05, 4.69) is 29.3 Å². The zero-order valence-electron chi connectivity index (χ0n) is 5.05. The van der Waals surface area contributed by atoms with Gasteiger partial charge in [0, 0.05) is 0 Å². The van der Waals surface area contributed by atoms with Crippen LogP contribution in [-0.2, 0) is 0 Å². The van der Waals surface area contributed by atoms with Crippen molar-refractivity contribution >= 4 is 28.3 Å². The molecular formula is C2H12N4OS2. The van der Waals surface area contributed by atoms with Gasteiger partial charge in [0.05, 0.1) is 0 Å². The highest BCUT2D eigenvalue weighted by Crippen LogP contribution is 1.89. The van der Waals surface area contributed by atoms with Crippen molar-refractivity contribution in [1.29, 1.82) is 0 Å². The van der Waals surface area contributed by atoms with Crippen LogP contribution in [0.2, 0.25) is 0 Å². The van der Waals surface area contributed by atoms with Crippen molar-refractivity contribution in [2.75, 3.05) is 6.26 Å². The first kappa shape index (κ1) is 16.0. The molecule has 0 rings (SSSR count). The Hall–Kier alpha value is 0.0800. The topological polar surface area (TPSA) is 122 Å². The number of rotatable bonds is 0. The predicted octanol–water partition coefficient (Wildman–Crippen LogP) is -1.91. The fourth-order valence-electron chi connectivity index (χ4n) is 0.0589. The van der Waals surface area contributed by atoms with Crippen molar-refractivity contribution in [2.24, 2.45) is 17.5 Å². The van der Waals surface area contributed by atoms with Gasteiger partial charge in [0.15, 0.2) is 0 Å². The van der Waals surface area contributed by atoms with E-state index in [0.717, 1.165) is 0 Å². The summed E-state index contributed by atoms with van der Waals surface area (Å²) in [5.41, 5.74) is 2.31. The summed E-state index contributed by atoms with van der Waals surface area (Å²) in [5.74, 6) is 12.9. The lowest BCUT2D eigenvalue weighted by molar-refractivity contribution is 0.824. The Morgan fingerprint density at radius 2 is 1.89 bits per heavy atom. The van der Waals surface area contributed by atoms with E-state index < -0.39 is 0 Å². The van der Waals surface area contributed by atoms with Crippen molar-refractivity contribution in [3.8, 4) is 0 Å². The molecule has 0 heterocycles. The standard InChI is InChI=1S/C2H6N2S2.H4N2.H2O/c1-6-2(5)4-3;1-2;/h3H2,1H3,(H,4,5);1-2H2;1H2. The third-order valence-corrected chi connectivity index (χ3v) is 1.41. The van der Waals surface area contributed by atoms with E-state index in [1.165, 1.54) is 11.8 Å². The molecule has 58 valence electrons. The number of hydrazine groups is 2. The van der Waals surface area contributed by atoms with Gasteiger partial charge in [-0.1, -0.05) is 24.0 Å². The summed E-state index contributed by atoms with van der Waals surface area (Å²) in [6.45, 7) is 0. The molecule has 9 heavy (non-hydrogen) atoms. The van der Waals surface area contributed by atoms with Gasteiger partial charge < -0.3 is 10.9 Å². The number of nitrogens with one attached hydrogen (secondary N) is 1. The van der Waals surface area contributed by atoms with Crippen LogP contribution in [-0.4, -0.2) is 16.1 Å². The van der Waals surface area contributed by atoms with Crippen molar-refractivity contribution < 1.29 is 5.48 Å². The summed E-state index contributed by atoms with van der Waals surface area (Å²) < 4.78 is 0.620. The van der Waals surface area contributed by atoms with Gasteiger partial charge in [-0.15, -0.1) is 0 Å². The Labute approximate surface area is 63.6 Å².